The van der Waals surface area contributed by atoms with Crippen molar-refractivity contribution in [3.05, 3.63) is 40.8 Å². The Morgan fingerprint density at radius 1 is 1.19 bits per heavy atom. The molecule has 1 fully saturated rings. The molecular formula is C17H18F3N5O2. The monoisotopic (exact) mass is 381 g/mol. The molecule has 2 aromatic rings. The van der Waals surface area contributed by atoms with Gasteiger partial charge in [0.2, 0.25) is 0 Å². The fourth-order valence-corrected chi connectivity index (χ4v) is 3.37. The van der Waals surface area contributed by atoms with Crippen LogP contribution >= 0.6 is 0 Å². The van der Waals surface area contributed by atoms with Crippen LogP contribution < -0.4 is 4.90 Å². The first-order valence-electron chi connectivity index (χ1n) is 8.65. The first-order chi connectivity index (χ1) is 12.9. The molecule has 0 spiro atoms. The van der Waals surface area contributed by atoms with Crippen molar-refractivity contribution >= 4 is 11.7 Å². The highest BCUT2D eigenvalue weighted by Gasteiger charge is 2.39. The van der Waals surface area contributed by atoms with Crippen LogP contribution in [0.25, 0.3) is 0 Å². The summed E-state index contributed by atoms with van der Waals surface area (Å²) in [6, 6.07) is 3.34. The molecule has 144 valence electrons. The topological polar surface area (TPSA) is 74.4 Å². The number of nitrogens with zero attached hydrogens (tertiary/aromatic N) is 4. The number of halogens is 3. The zero-order valence-electron chi connectivity index (χ0n) is 14.4. The number of hydrogen-bond donors (Lipinski definition) is 1. The highest BCUT2D eigenvalue weighted by Crippen LogP contribution is 2.34. The van der Waals surface area contributed by atoms with Gasteiger partial charge in [0, 0.05) is 50.1 Å². The summed E-state index contributed by atoms with van der Waals surface area (Å²) >= 11 is 0. The number of alkyl halides is 3. The lowest BCUT2D eigenvalue weighted by molar-refractivity contribution is -0.141. The predicted octanol–water partition coefficient (Wildman–Crippen LogP) is 1.86. The van der Waals surface area contributed by atoms with Crippen LogP contribution in [0, 0.1) is 0 Å². The Labute approximate surface area is 153 Å². The molecule has 7 nitrogen and oxygen atoms in total. The zero-order chi connectivity index (χ0) is 19.0. The SMILES string of the molecule is O=C(c1ccc(N2CCc3[nH]nc(C(F)(F)F)c3C2)nc1)N1CCOCC1. The van der Waals surface area contributed by atoms with Crippen molar-refractivity contribution in [2.45, 2.75) is 19.1 Å². The molecule has 0 aromatic carbocycles. The minimum absolute atomic E-state index is 0.0738. The number of amides is 1. The van der Waals surface area contributed by atoms with Crippen LogP contribution in [0.5, 0.6) is 0 Å². The molecule has 2 aliphatic heterocycles. The maximum absolute atomic E-state index is 13.1. The fraction of sp³-hybridized carbons (Fsp3) is 0.471. The summed E-state index contributed by atoms with van der Waals surface area (Å²) in [6.45, 7) is 2.70. The molecule has 1 saturated heterocycles. The fourth-order valence-electron chi connectivity index (χ4n) is 3.37. The van der Waals surface area contributed by atoms with Gasteiger partial charge in [-0.25, -0.2) is 4.98 Å². The Morgan fingerprint density at radius 2 is 1.96 bits per heavy atom. The molecule has 27 heavy (non-hydrogen) atoms. The molecule has 1 N–H and O–H groups in total. The summed E-state index contributed by atoms with van der Waals surface area (Å²) in [4.78, 5) is 20.2. The molecular weight excluding hydrogens is 363 g/mol. The van der Waals surface area contributed by atoms with E-state index in [0.29, 0.717) is 56.3 Å². The van der Waals surface area contributed by atoms with E-state index in [0.717, 1.165) is 0 Å². The average molecular weight is 381 g/mol. The maximum atomic E-state index is 13.1. The number of ether oxygens (including phenoxy) is 1. The van der Waals surface area contributed by atoms with Crippen LogP contribution in [0.1, 0.15) is 27.3 Å². The quantitative estimate of drug-likeness (QED) is 0.860. The van der Waals surface area contributed by atoms with E-state index >= 15 is 0 Å². The molecule has 0 atom stereocenters. The molecule has 2 aromatic heterocycles. The molecule has 0 radical (unpaired) electrons. The zero-order valence-corrected chi connectivity index (χ0v) is 14.4. The summed E-state index contributed by atoms with van der Waals surface area (Å²) in [5.41, 5.74) is 0.251. The second-order valence-corrected chi connectivity index (χ2v) is 6.51. The number of morpholine rings is 1. The molecule has 2 aliphatic rings. The molecule has 0 saturated carbocycles. The molecule has 1 amide bonds. The summed E-state index contributed by atoms with van der Waals surface area (Å²) in [5, 5.41) is 5.92. The van der Waals surface area contributed by atoms with E-state index in [1.165, 1.54) is 6.20 Å². The van der Waals surface area contributed by atoms with Gasteiger partial charge in [-0.3, -0.25) is 9.89 Å². The van der Waals surface area contributed by atoms with Crippen molar-refractivity contribution in [1.29, 1.82) is 0 Å². The second kappa shape index (κ2) is 6.84. The second-order valence-electron chi connectivity index (χ2n) is 6.51. The van der Waals surface area contributed by atoms with Crippen LogP contribution in [0.2, 0.25) is 0 Å². The number of anilines is 1. The van der Waals surface area contributed by atoms with Crippen molar-refractivity contribution in [3.8, 4) is 0 Å². The number of aromatic nitrogens is 3. The minimum atomic E-state index is -4.49. The van der Waals surface area contributed by atoms with Gasteiger partial charge in [-0.1, -0.05) is 0 Å². The summed E-state index contributed by atoms with van der Waals surface area (Å²) in [6.07, 6.45) is -2.59. The highest BCUT2D eigenvalue weighted by molar-refractivity contribution is 5.94. The first kappa shape index (κ1) is 17.8. The molecule has 4 rings (SSSR count). The molecule has 10 heteroatoms. The summed E-state index contributed by atoms with van der Waals surface area (Å²) in [7, 11) is 0. The Bertz CT molecular complexity index is 828. The number of nitrogens with one attached hydrogen (secondary N) is 1. The third kappa shape index (κ3) is 3.48. The summed E-state index contributed by atoms with van der Waals surface area (Å²) < 4.78 is 44.5. The standard InChI is InChI=1S/C17H18F3N5O2/c18-17(19,20)15-12-10-25(4-3-13(12)22-23-15)14-2-1-11(9-21-14)16(26)24-5-7-27-8-6-24/h1-2,9H,3-8,10H2,(H,22,23). The normalized spacial score (nSPS) is 17.7. The minimum Gasteiger partial charge on any atom is -0.378 e. The van der Waals surface area contributed by atoms with Crippen molar-refractivity contribution < 1.29 is 22.7 Å². The number of carbonyl (C=O) groups is 1. The predicted molar refractivity (Wildman–Crippen MR) is 89.3 cm³/mol. The van der Waals surface area contributed by atoms with Gasteiger partial charge < -0.3 is 14.5 Å². The van der Waals surface area contributed by atoms with Gasteiger partial charge in [0.15, 0.2) is 5.69 Å². The van der Waals surface area contributed by atoms with Crippen LogP contribution in [0.3, 0.4) is 0 Å². The van der Waals surface area contributed by atoms with E-state index in [9.17, 15) is 18.0 Å². The number of rotatable bonds is 2. The Kier molecular flexibility index (Phi) is 4.50. The van der Waals surface area contributed by atoms with Gasteiger partial charge in [0.1, 0.15) is 5.82 Å². The largest absolute Gasteiger partial charge is 0.435 e. The average Bonchev–Trinajstić information content (AvgIpc) is 3.12. The lowest BCUT2D eigenvalue weighted by atomic mass is 10.0. The number of hydrogen-bond acceptors (Lipinski definition) is 5. The number of fused-ring (bicyclic) bond motifs is 1. The molecule has 0 aliphatic carbocycles. The van der Waals surface area contributed by atoms with Gasteiger partial charge in [-0.15, -0.1) is 0 Å². The van der Waals surface area contributed by atoms with Crippen LogP contribution in [0.4, 0.5) is 19.0 Å². The number of H-pyrrole nitrogens is 1. The first-order valence-corrected chi connectivity index (χ1v) is 8.65. The van der Waals surface area contributed by atoms with Crippen LogP contribution in [-0.2, 0) is 23.9 Å². The van der Waals surface area contributed by atoms with Crippen molar-refractivity contribution in [1.82, 2.24) is 20.1 Å². The number of carbonyl (C=O) groups excluding carboxylic acids is 1. The summed E-state index contributed by atoms with van der Waals surface area (Å²) in [5.74, 6) is 0.418. The van der Waals surface area contributed by atoms with Crippen molar-refractivity contribution in [2.75, 3.05) is 37.7 Å². The Balaban J connectivity index is 1.50. The van der Waals surface area contributed by atoms with Crippen LogP contribution in [0.15, 0.2) is 18.3 Å². The van der Waals surface area contributed by atoms with Gasteiger partial charge in [-0.2, -0.15) is 18.3 Å². The van der Waals surface area contributed by atoms with E-state index in [1.807, 2.05) is 0 Å². The van der Waals surface area contributed by atoms with E-state index < -0.39 is 11.9 Å². The Hall–Kier alpha value is -2.62. The van der Waals surface area contributed by atoms with E-state index in [1.54, 1.807) is 21.9 Å². The van der Waals surface area contributed by atoms with Crippen molar-refractivity contribution in [2.24, 2.45) is 0 Å². The highest BCUT2D eigenvalue weighted by atomic mass is 19.4. The smallest absolute Gasteiger partial charge is 0.378 e. The third-order valence-electron chi connectivity index (χ3n) is 4.82. The molecule has 0 bridgehead atoms. The van der Waals surface area contributed by atoms with Gasteiger partial charge in [-0.05, 0) is 12.1 Å². The van der Waals surface area contributed by atoms with E-state index in [2.05, 4.69) is 15.2 Å². The third-order valence-corrected chi connectivity index (χ3v) is 4.82. The Morgan fingerprint density at radius 3 is 2.63 bits per heavy atom. The van der Waals surface area contributed by atoms with Gasteiger partial charge in [0.05, 0.1) is 18.8 Å². The maximum Gasteiger partial charge on any atom is 0.435 e. The van der Waals surface area contributed by atoms with E-state index in [-0.39, 0.29) is 18.0 Å². The molecule has 0 unspecified atom stereocenters. The number of aromatic amines is 1. The lowest BCUT2D eigenvalue weighted by Crippen LogP contribution is -2.40. The van der Waals surface area contributed by atoms with Gasteiger partial charge >= 0.3 is 6.18 Å². The molecule has 4 heterocycles. The lowest BCUT2D eigenvalue weighted by Gasteiger charge is -2.29. The van der Waals surface area contributed by atoms with Crippen molar-refractivity contribution in [3.63, 3.8) is 0 Å². The number of pyridine rings is 1. The van der Waals surface area contributed by atoms with Gasteiger partial charge in [0.25, 0.3) is 5.91 Å². The van der Waals surface area contributed by atoms with Crippen LogP contribution in [-0.4, -0.2) is 58.8 Å². The van der Waals surface area contributed by atoms with E-state index in [4.69, 9.17) is 4.74 Å².